The van der Waals surface area contributed by atoms with Gasteiger partial charge in [0.1, 0.15) is 6.04 Å². The van der Waals surface area contributed by atoms with Gasteiger partial charge in [-0.2, -0.15) is 0 Å². The molecular weight excluding hydrogens is 604 g/mol. The van der Waals surface area contributed by atoms with Crippen LogP contribution in [0.4, 0.5) is 5.69 Å². The normalized spacial score (nSPS) is 13.2. The van der Waals surface area contributed by atoms with Gasteiger partial charge in [0.15, 0.2) is 0 Å². The van der Waals surface area contributed by atoms with Crippen LogP contribution in [0, 0.1) is 16.7 Å². The van der Waals surface area contributed by atoms with Gasteiger partial charge < -0.3 is 20.3 Å². The van der Waals surface area contributed by atoms with Crippen molar-refractivity contribution in [2.24, 2.45) is 21.7 Å². The second-order valence-electron chi connectivity index (χ2n) is 13.9. The van der Waals surface area contributed by atoms with Crippen LogP contribution in [0.3, 0.4) is 0 Å². The number of aliphatic imine (C=N–C) groups is 1. The number of nitrogens with one attached hydrogen (secondary N) is 2. The molecule has 2 rings (SSSR count). The van der Waals surface area contributed by atoms with Gasteiger partial charge in [0.25, 0.3) is 5.91 Å². The van der Waals surface area contributed by atoms with E-state index in [0.29, 0.717) is 32.7 Å². The van der Waals surface area contributed by atoms with Gasteiger partial charge in [-0.05, 0) is 53.6 Å². The molecule has 0 aromatic heterocycles. The molecule has 1 unspecified atom stereocenters. The van der Waals surface area contributed by atoms with Gasteiger partial charge in [0.2, 0.25) is 17.7 Å². The number of anilines is 1. The van der Waals surface area contributed by atoms with Gasteiger partial charge in [-0.3, -0.25) is 19.2 Å². The fraction of sp³-hybridized carbons (Fsp3) is 0.513. The van der Waals surface area contributed by atoms with Crippen molar-refractivity contribution in [3.8, 4) is 0 Å². The second-order valence-corrected chi connectivity index (χ2v) is 13.9. The molecule has 0 aliphatic rings. The van der Waals surface area contributed by atoms with Crippen molar-refractivity contribution in [1.82, 2.24) is 10.6 Å². The molecule has 2 aromatic rings. The number of nitrogens with zero attached hydrogens (tertiary/aromatic N) is 2. The molecular formula is C39H56N4O5. The number of ether oxygens (including phenoxy) is 1. The first kappa shape index (κ1) is 40.1. The zero-order chi connectivity index (χ0) is 35.9. The summed E-state index contributed by atoms with van der Waals surface area (Å²) in [7, 11) is 0. The maximum Gasteiger partial charge on any atom is 0.267 e. The molecule has 9 heteroatoms. The standard InChI is InChI=1S/C39H56N4O5/c1-10-29-17-13-14-19-31(29)24-43(32-20-16-15-18-30(32)11-2)35(46)22-21-33(44)41-25-38(6,7)26-48-27-39(8,12-3)23-34(45)42-36(28(4)5)37(47)40-9/h10,13-20,28,36H,1,9,11-12,21-27H2,2-8H3,(H,41,44)(H,42,45)/t36-,39?/m0/s1. The Bertz CT molecular complexity index is 1420. The van der Waals surface area contributed by atoms with E-state index >= 15 is 0 Å². The van der Waals surface area contributed by atoms with Crippen LogP contribution in [0.5, 0.6) is 0 Å². The first-order valence-electron chi connectivity index (χ1n) is 16.9. The summed E-state index contributed by atoms with van der Waals surface area (Å²) in [5.41, 5.74) is 3.03. The average Bonchev–Trinajstić information content (AvgIpc) is 3.07. The predicted molar refractivity (Wildman–Crippen MR) is 195 cm³/mol. The average molecular weight is 661 g/mol. The van der Waals surface area contributed by atoms with Crippen LogP contribution in [-0.2, 0) is 36.9 Å². The molecule has 0 aliphatic heterocycles. The van der Waals surface area contributed by atoms with E-state index < -0.39 is 17.4 Å². The summed E-state index contributed by atoms with van der Waals surface area (Å²) in [5, 5.41) is 5.78. The van der Waals surface area contributed by atoms with E-state index in [1.807, 2.05) is 90.1 Å². The van der Waals surface area contributed by atoms with E-state index in [1.165, 1.54) is 0 Å². The molecule has 4 amide bonds. The highest BCUT2D eigenvalue weighted by atomic mass is 16.5. The fourth-order valence-corrected chi connectivity index (χ4v) is 5.34. The molecule has 0 spiro atoms. The highest BCUT2D eigenvalue weighted by molar-refractivity contribution is 5.96. The summed E-state index contributed by atoms with van der Waals surface area (Å²) in [5.74, 6) is -1.12. The number of benzene rings is 2. The quantitative estimate of drug-likeness (QED) is 0.157. The highest BCUT2D eigenvalue weighted by Crippen LogP contribution is 2.28. The number of aryl methyl sites for hydroxylation is 1. The van der Waals surface area contributed by atoms with Gasteiger partial charge in [-0.25, -0.2) is 4.99 Å². The summed E-state index contributed by atoms with van der Waals surface area (Å²) in [6, 6.07) is 15.0. The van der Waals surface area contributed by atoms with Crippen molar-refractivity contribution in [3.63, 3.8) is 0 Å². The number of amides is 4. The Morgan fingerprint density at radius 2 is 1.58 bits per heavy atom. The summed E-state index contributed by atoms with van der Waals surface area (Å²) in [6.45, 7) is 22.4. The van der Waals surface area contributed by atoms with Crippen LogP contribution in [0.2, 0.25) is 0 Å². The lowest BCUT2D eigenvalue weighted by Crippen LogP contribution is -2.45. The summed E-state index contributed by atoms with van der Waals surface area (Å²) >= 11 is 0. The van der Waals surface area contributed by atoms with Gasteiger partial charge in [-0.15, -0.1) is 0 Å². The van der Waals surface area contributed by atoms with Crippen molar-refractivity contribution < 1.29 is 23.9 Å². The molecule has 0 aliphatic carbocycles. The highest BCUT2D eigenvalue weighted by Gasteiger charge is 2.31. The zero-order valence-corrected chi connectivity index (χ0v) is 30.1. The number of carbonyl (C=O) groups is 4. The van der Waals surface area contributed by atoms with E-state index in [1.54, 1.807) is 11.0 Å². The summed E-state index contributed by atoms with van der Waals surface area (Å²) in [6.07, 6.45) is 3.59. The lowest BCUT2D eigenvalue weighted by atomic mass is 9.84. The predicted octanol–water partition coefficient (Wildman–Crippen LogP) is 6.54. The smallest absolute Gasteiger partial charge is 0.267 e. The molecule has 0 radical (unpaired) electrons. The van der Waals surface area contributed by atoms with Crippen molar-refractivity contribution in [2.45, 2.75) is 93.2 Å². The first-order chi connectivity index (χ1) is 22.7. The molecule has 2 atom stereocenters. The Hall–Kier alpha value is -4.11. The summed E-state index contributed by atoms with van der Waals surface area (Å²) in [4.78, 5) is 56.7. The third kappa shape index (κ3) is 12.5. The minimum atomic E-state index is -0.709. The van der Waals surface area contributed by atoms with Crippen molar-refractivity contribution in [3.05, 3.63) is 71.8 Å². The third-order valence-electron chi connectivity index (χ3n) is 8.69. The van der Waals surface area contributed by atoms with Crippen LogP contribution in [0.15, 0.2) is 60.1 Å². The van der Waals surface area contributed by atoms with Gasteiger partial charge >= 0.3 is 0 Å². The number of hydrogen-bond acceptors (Lipinski definition) is 5. The topological polar surface area (TPSA) is 117 Å². The molecule has 0 bridgehead atoms. The van der Waals surface area contributed by atoms with E-state index in [0.717, 1.165) is 28.8 Å². The van der Waals surface area contributed by atoms with E-state index in [4.69, 9.17) is 4.74 Å². The third-order valence-corrected chi connectivity index (χ3v) is 8.69. The minimum absolute atomic E-state index is 0.0634. The molecule has 48 heavy (non-hydrogen) atoms. The molecule has 9 nitrogen and oxygen atoms in total. The first-order valence-corrected chi connectivity index (χ1v) is 16.9. The van der Waals surface area contributed by atoms with Crippen LogP contribution < -0.4 is 15.5 Å². The van der Waals surface area contributed by atoms with Gasteiger partial charge in [-0.1, -0.05) is 104 Å². The lowest BCUT2D eigenvalue weighted by Gasteiger charge is -2.31. The Kier molecular flexibility index (Phi) is 15.9. The van der Waals surface area contributed by atoms with E-state index in [-0.39, 0.29) is 48.3 Å². The molecule has 0 saturated heterocycles. The number of para-hydroxylation sites is 1. The monoisotopic (exact) mass is 660 g/mol. The maximum absolute atomic E-state index is 13.6. The lowest BCUT2D eigenvalue weighted by molar-refractivity contribution is -0.130. The largest absolute Gasteiger partial charge is 0.380 e. The number of rotatable bonds is 20. The SMILES string of the molecule is C=Cc1ccccc1CN(C(=O)CCC(=O)NCC(C)(C)COCC(C)(CC)CC(=O)N[C@H](C(=O)N=C)C(C)C)c1ccccc1CC. The van der Waals surface area contributed by atoms with Crippen LogP contribution in [0.1, 0.15) is 90.8 Å². The van der Waals surface area contributed by atoms with Crippen LogP contribution in [0.25, 0.3) is 6.08 Å². The van der Waals surface area contributed by atoms with Crippen LogP contribution >= 0.6 is 0 Å². The molecule has 2 N–H and O–H groups in total. The van der Waals surface area contributed by atoms with Crippen molar-refractivity contribution in [1.29, 1.82) is 0 Å². The molecule has 0 heterocycles. The van der Waals surface area contributed by atoms with E-state index in [2.05, 4.69) is 35.8 Å². The van der Waals surface area contributed by atoms with E-state index in [9.17, 15) is 19.2 Å². The van der Waals surface area contributed by atoms with Crippen LogP contribution in [-0.4, -0.2) is 56.1 Å². The zero-order valence-electron chi connectivity index (χ0n) is 30.1. The Labute approximate surface area is 287 Å². The minimum Gasteiger partial charge on any atom is -0.380 e. The van der Waals surface area contributed by atoms with Crippen molar-refractivity contribution in [2.75, 3.05) is 24.7 Å². The molecule has 0 saturated carbocycles. The Morgan fingerprint density at radius 3 is 2.19 bits per heavy atom. The fourth-order valence-electron chi connectivity index (χ4n) is 5.34. The Morgan fingerprint density at radius 1 is 0.938 bits per heavy atom. The molecule has 2 aromatic carbocycles. The molecule has 262 valence electrons. The molecule has 0 fully saturated rings. The van der Waals surface area contributed by atoms with Gasteiger partial charge in [0, 0.05) is 36.9 Å². The van der Waals surface area contributed by atoms with Crippen molar-refractivity contribution >= 4 is 42.1 Å². The number of carbonyl (C=O) groups excluding carboxylic acids is 4. The second kappa shape index (κ2) is 19.0. The number of hydrogen-bond donors (Lipinski definition) is 2. The maximum atomic E-state index is 13.6. The van der Waals surface area contributed by atoms with Gasteiger partial charge in [0.05, 0.1) is 19.8 Å². The Balaban J connectivity index is 1.94. The summed E-state index contributed by atoms with van der Waals surface area (Å²) < 4.78 is 6.09.